The van der Waals surface area contributed by atoms with Gasteiger partial charge in [-0.15, -0.1) is 0 Å². The first-order valence-corrected chi connectivity index (χ1v) is 8.09. The molecule has 0 saturated carbocycles. The van der Waals surface area contributed by atoms with Gasteiger partial charge in [0.2, 0.25) is 11.7 Å². The molecule has 2 aromatic rings. The molecule has 0 unspecified atom stereocenters. The maximum atomic E-state index is 11.7. The molecule has 0 radical (unpaired) electrons. The molecule has 0 spiro atoms. The predicted molar refractivity (Wildman–Crippen MR) is 91.6 cm³/mol. The fourth-order valence-electron chi connectivity index (χ4n) is 2.06. The lowest BCUT2D eigenvalue weighted by Crippen LogP contribution is -2.42. The second-order valence-electron chi connectivity index (χ2n) is 6.84. The molecule has 134 valence electrons. The lowest BCUT2D eigenvalue weighted by Gasteiger charge is -2.20. The molecular weight excluding hydrogens is 322 g/mol. The van der Waals surface area contributed by atoms with Crippen LogP contribution in [0.5, 0.6) is 0 Å². The van der Waals surface area contributed by atoms with Crippen LogP contribution in [-0.4, -0.2) is 34.2 Å². The quantitative estimate of drug-likeness (QED) is 0.808. The number of carbonyl (C=O) groups excluding carboxylic acids is 2. The topological polar surface area (TPSA) is 94.3 Å². The number of nitrogens with zero attached hydrogens (tertiary/aromatic N) is 2. The molecule has 0 aliphatic carbocycles. The summed E-state index contributed by atoms with van der Waals surface area (Å²) < 4.78 is 10.1. The van der Waals surface area contributed by atoms with E-state index in [0.717, 1.165) is 11.1 Å². The summed E-state index contributed by atoms with van der Waals surface area (Å²) in [4.78, 5) is 27.6. The number of carbonyl (C=O) groups is 2. The first-order chi connectivity index (χ1) is 11.7. The number of hydrogen-bond acceptors (Lipinski definition) is 6. The van der Waals surface area contributed by atoms with Crippen LogP contribution in [0.25, 0.3) is 11.4 Å². The van der Waals surface area contributed by atoms with E-state index in [-0.39, 0.29) is 30.9 Å². The van der Waals surface area contributed by atoms with E-state index in [9.17, 15) is 9.59 Å². The van der Waals surface area contributed by atoms with Crippen molar-refractivity contribution in [3.63, 3.8) is 0 Å². The van der Waals surface area contributed by atoms with Crippen LogP contribution in [0.4, 0.5) is 0 Å². The van der Waals surface area contributed by atoms with Gasteiger partial charge in [-0.25, -0.2) is 0 Å². The minimum Gasteiger partial charge on any atom is -0.456 e. The van der Waals surface area contributed by atoms with Gasteiger partial charge in [0.15, 0.2) is 6.61 Å². The van der Waals surface area contributed by atoms with Gasteiger partial charge in [0, 0.05) is 17.5 Å². The first-order valence-electron chi connectivity index (χ1n) is 8.09. The van der Waals surface area contributed by atoms with Gasteiger partial charge in [-0.2, -0.15) is 4.98 Å². The van der Waals surface area contributed by atoms with Crippen LogP contribution in [0, 0.1) is 6.92 Å². The number of rotatable bonds is 6. The highest BCUT2D eigenvalue weighted by atomic mass is 16.5. The molecule has 1 aromatic heterocycles. The Hall–Kier alpha value is -2.70. The number of benzene rings is 1. The van der Waals surface area contributed by atoms with Gasteiger partial charge in [0.05, 0.1) is 6.42 Å². The van der Waals surface area contributed by atoms with Crippen molar-refractivity contribution in [2.75, 3.05) is 6.61 Å². The number of hydrogen-bond donors (Lipinski definition) is 1. The normalized spacial score (nSPS) is 11.2. The molecule has 0 bridgehead atoms. The van der Waals surface area contributed by atoms with Crippen LogP contribution in [0.2, 0.25) is 0 Å². The molecule has 0 aliphatic rings. The molecule has 1 aromatic carbocycles. The van der Waals surface area contributed by atoms with Crippen molar-refractivity contribution in [2.24, 2.45) is 0 Å². The van der Waals surface area contributed by atoms with Gasteiger partial charge in [0.25, 0.3) is 5.91 Å². The maximum absolute atomic E-state index is 11.7. The molecule has 1 N–H and O–H groups in total. The third-order valence-electron chi connectivity index (χ3n) is 3.20. The van der Waals surface area contributed by atoms with Crippen molar-refractivity contribution in [1.29, 1.82) is 0 Å². The van der Waals surface area contributed by atoms with Crippen LogP contribution in [-0.2, 0) is 20.7 Å². The van der Waals surface area contributed by atoms with Crippen LogP contribution >= 0.6 is 0 Å². The lowest BCUT2D eigenvalue weighted by atomic mass is 10.1. The summed E-state index contributed by atoms with van der Waals surface area (Å²) in [6, 6.07) is 7.74. The van der Waals surface area contributed by atoms with Crippen LogP contribution in [0.3, 0.4) is 0 Å². The monoisotopic (exact) mass is 345 g/mol. The minimum absolute atomic E-state index is 0.0678. The number of nitrogens with one attached hydrogen (secondary N) is 1. The Labute approximate surface area is 146 Å². The molecule has 25 heavy (non-hydrogen) atoms. The first kappa shape index (κ1) is 18.6. The summed E-state index contributed by atoms with van der Waals surface area (Å²) in [7, 11) is 0. The average molecular weight is 345 g/mol. The van der Waals surface area contributed by atoms with Gasteiger partial charge < -0.3 is 14.6 Å². The van der Waals surface area contributed by atoms with E-state index < -0.39 is 5.97 Å². The summed E-state index contributed by atoms with van der Waals surface area (Å²) in [5, 5.41) is 6.62. The Kier molecular flexibility index (Phi) is 5.90. The van der Waals surface area contributed by atoms with Gasteiger partial charge in [-0.3, -0.25) is 9.59 Å². The molecule has 7 nitrogen and oxygen atoms in total. The molecule has 0 saturated heterocycles. The van der Waals surface area contributed by atoms with E-state index in [1.807, 2.05) is 52.0 Å². The Balaban J connectivity index is 1.79. The largest absolute Gasteiger partial charge is 0.456 e. The van der Waals surface area contributed by atoms with Crippen molar-refractivity contribution in [3.05, 3.63) is 35.7 Å². The third kappa shape index (κ3) is 6.37. The van der Waals surface area contributed by atoms with Crippen molar-refractivity contribution in [1.82, 2.24) is 15.5 Å². The standard InChI is InChI=1S/C18H23N3O4/c1-12-5-7-13(8-6-12)17-19-15(25-21-17)9-10-16(23)24-11-14(22)20-18(2,3)4/h5-8H,9-11H2,1-4H3,(H,20,22). The molecule has 1 heterocycles. The molecular formula is C18H23N3O4. The van der Waals surface area contributed by atoms with E-state index in [0.29, 0.717) is 11.7 Å². The highest BCUT2D eigenvalue weighted by Crippen LogP contribution is 2.16. The van der Waals surface area contributed by atoms with Crippen LogP contribution in [0.1, 0.15) is 38.6 Å². The highest BCUT2D eigenvalue weighted by Gasteiger charge is 2.16. The second kappa shape index (κ2) is 7.92. The molecule has 0 atom stereocenters. The van der Waals surface area contributed by atoms with Crippen molar-refractivity contribution < 1.29 is 18.8 Å². The van der Waals surface area contributed by atoms with Crippen LogP contribution in [0.15, 0.2) is 28.8 Å². The third-order valence-corrected chi connectivity index (χ3v) is 3.20. The highest BCUT2D eigenvalue weighted by molar-refractivity contribution is 5.81. The second-order valence-corrected chi connectivity index (χ2v) is 6.84. The van der Waals surface area contributed by atoms with E-state index >= 15 is 0 Å². The smallest absolute Gasteiger partial charge is 0.306 e. The van der Waals surface area contributed by atoms with Crippen LogP contribution < -0.4 is 5.32 Å². The van der Waals surface area contributed by atoms with Gasteiger partial charge in [-0.05, 0) is 27.7 Å². The Morgan fingerprint density at radius 3 is 2.52 bits per heavy atom. The molecule has 7 heteroatoms. The van der Waals surface area contributed by atoms with Crippen molar-refractivity contribution in [2.45, 2.75) is 46.1 Å². The zero-order chi connectivity index (χ0) is 18.4. The van der Waals surface area contributed by atoms with Crippen molar-refractivity contribution >= 4 is 11.9 Å². The SMILES string of the molecule is Cc1ccc(-c2noc(CCC(=O)OCC(=O)NC(C)(C)C)n2)cc1. The average Bonchev–Trinajstić information content (AvgIpc) is 2.99. The van der Waals surface area contributed by atoms with E-state index in [1.165, 1.54) is 0 Å². The maximum Gasteiger partial charge on any atom is 0.306 e. The van der Waals surface area contributed by atoms with E-state index in [4.69, 9.17) is 9.26 Å². The number of aromatic nitrogens is 2. The van der Waals surface area contributed by atoms with Gasteiger partial charge in [-0.1, -0.05) is 35.0 Å². The molecule has 1 amide bonds. The summed E-state index contributed by atoms with van der Waals surface area (Å²) in [5.41, 5.74) is 1.63. The number of esters is 1. The molecule has 2 rings (SSSR count). The fourth-order valence-corrected chi connectivity index (χ4v) is 2.06. The molecule has 0 fully saturated rings. The van der Waals surface area contributed by atoms with E-state index in [2.05, 4.69) is 15.5 Å². The van der Waals surface area contributed by atoms with Gasteiger partial charge in [0.1, 0.15) is 0 Å². The zero-order valence-electron chi connectivity index (χ0n) is 15.0. The zero-order valence-corrected chi connectivity index (χ0v) is 15.0. The summed E-state index contributed by atoms with van der Waals surface area (Å²) in [6.45, 7) is 7.27. The van der Waals surface area contributed by atoms with Gasteiger partial charge >= 0.3 is 5.97 Å². The lowest BCUT2D eigenvalue weighted by molar-refractivity contribution is -0.149. The summed E-state index contributed by atoms with van der Waals surface area (Å²) in [6.07, 6.45) is 0.330. The number of ether oxygens (including phenoxy) is 1. The fraction of sp³-hybridized carbons (Fsp3) is 0.444. The Morgan fingerprint density at radius 1 is 1.20 bits per heavy atom. The number of aryl methyl sites for hydroxylation is 2. The molecule has 0 aliphatic heterocycles. The Morgan fingerprint density at radius 2 is 1.88 bits per heavy atom. The van der Waals surface area contributed by atoms with Crippen molar-refractivity contribution in [3.8, 4) is 11.4 Å². The number of amides is 1. The van der Waals surface area contributed by atoms with E-state index in [1.54, 1.807) is 0 Å². The predicted octanol–water partition coefficient (Wildman–Crippen LogP) is 2.44. The minimum atomic E-state index is -0.487. The summed E-state index contributed by atoms with van der Waals surface area (Å²) >= 11 is 0. The summed E-state index contributed by atoms with van der Waals surface area (Å²) in [5.74, 6) is 0.0130. The Bertz CT molecular complexity index is 730.